The molecule has 0 spiro atoms. The Morgan fingerprint density at radius 2 is 2.10 bits per heavy atom. The molecular formula is C13H10N4O2S. The van der Waals surface area contributed by atoms with E-state index in [0.29, 0.717) is 11.4 Å². The van der Waals surface area contributed by atoms with Gasteiger partial charge in [0.05, 0.1) is 11.2 Å². The molecule has 0 aliphatic heterocycles. The molecule has 0 aliphatic carbocycles. The first-order valence-electron chi connectivity index (χ1n) is 5.80. The van der Waals surface area contributed by atoms with Crippen LogP contribution in [0.1, 0.15) is 10.5 Å². The highest BCUT2D eigenvalue weighted by atomic mass is 32.1. The van der Waals surface area contributed by atoms with Gasteiger partial charge in [0.25, 0.3) is 5.91 Å². The smallest absolute Gasteiger partial charge is 0.321 e. The largest absolute Gasteiger partial charge is 0.330 e. The average molecular weight is 286 g/mol. The van der Waals surface area contributed by atoms with Crippen molar-refractivity contribution < 1.29 is 4.79 Å². The third-order valence-corrected chi connectivity index (χ3v) is 3.30. The van der Waals surface area contributed by atoms with Gasteiger partial charge >= 0.3 is 5.69 Å². The lowest BCUT2D eigenvalue weighted by Crippen LogP contribution is -2.14. The average Bonchev–Trinajstić information content (AvgIpc) is 3.11. The van der Waals surface area contributed by atoms with E-state index >= 15 is 0 Å². The number of carbonyl (C=O) groups excluding carboxylic acids is 1. The van der Waals surface area contributed by atoms with E-state index in [9.17, 15) is 9.59 Å². The zero-order chi connectivity index (χ0) is 13.9. The number of H-pyrrole nitrogens is 1. The minimum absolute atomic E-state index is 0.204. The van der Waals surface area contributed by atoms with Gasteiger partial charge in [-0.05, 0) is 24.3 Å². The van der Waals surface area contributed by atoms with Crippen molar-refractivity contribution in [2.75, 3.05) is 5.32 Å². The third kappa shape index (κ3) is 2.39. The van der Waals surface area contributed by atoms with Gasteiger partial charge in [0.1, 0.15) is 5.69 Å². The van der Waals surface area contributed by atoms with Crippen LogP contribution in [0.3, 0.4) is 0 Å². The number of hydrogen-bond acceptors (Lipinski definition) is 4. The number of hydrogen-bond donors (Lipinski definition) is 2. The SMILES string of the molecule is O=C(Nc1ccc(-n2cc[nH]c2=O)cc1)c1cscn1. The number of carbonyl (C=O) groups is 1. The van der Waals surface area contributed by atoms with Crippen molar-refractivity contribution in [2.24, 2.45) is 0 Å². The molecule has 0 saturated carbocycles. The van der Waals surface area contributed by atoms with Crippen molar-refractivity contribution in [3.63, 3.8) is 0 Å². The number of aromatic nitrogens is 3. The summed E-state index contributed by atoms with van der Waals surface area (Å²) in [5.74, 6) is -0.252. The van der Waals surface area contributed by atoms with Crippen LogP contribution >= 0.6 is 11.3 Å². The van der Waals surface area contributed by atoms with Gasteiger partial charge in [-0.25, -0.2) is 9.78 Å². The molecule has 1 aromatic carbocycles. The number of aromatic amines is 1. The second-order valence-corrected chi connectivity index (χ2v) is 4.73. The minimum Gasteiger partial charge on any atom is -0.321 e. The van der Waals surface area contributed by atoms with Gasteiger partial charge in [-0.1, -0.05) is 0 Å². The molecule has 0 aliphatic rings. The standard InChI is InChI=1S/C13H10N4O2S/c18-12(11-7-20-8-15-11)16-9-1-3-10(4-2-9)17-6-5-14-13(17)19/h1-8H,(H,14,19)(H,16,18). The fourth-order valence-electron chi connectivity index (χ4n) is 1.75. The zero-order valence-corrected chi connectivity index (χ0v) is 11.1. The number of imidazole rings is 1. The Bertz CT molecular complexity index is 771. The van der Waals surface area contributed by atoms with Crippen molar-refractivity contribution in [3.8, 4) is 5.69 Å². The summed E-state index contributed by atoms with van der Waals surface area (Å²) in [5.41, 5.74) is 3.17. The van der Waals surface area contributed by atoms with Crippen LogP contribution in [0.25, 0.3) is 5.69 Å². The van der Waals surface area contributed by atoms with Crippen molar-refractivity contribution in [1.29, 1.82) is 0 Å². The predicted molar refractivity (Wildman–Crippen MR) is 76.5 cm³/mol. The highest BCUT2D eigenvalue weighted by Crippen LogP contribution is 2.13. The van der Waals surface area contributed by atoms with E-state index in [1.54, 1.807) is 47.5 Å². The lowest BCUT2D eigenvalue weighted by molar-refractivity contribution is 0.102. The number of thiazole rings is 1. The van der Waals surface area contributed by atoms with Gasteiger partial charge in [-0.2, -0.15) is 0 Å². The maximum atomic E-state index is 11.8. The van der Waals surface area contributed by atoms with E-state index < -0.39 is 0 Å². The van der Waals surface area contributed by atoms with E-state index in [4.69, 9.17) is 0 Å². The van der Waals surface area contributed by atoms with Crippen molar-refractivity contribution >= 4 is 22.9 Å². The summed E-state index contributed by atoms with van der Waals surface area (Å²) in [6.07, 6.45) is 3.21. The molecule has 2 N–H and O–H groups in total. The molecule has 20 heavy (non-hydrogen) atoms. The number of nitrogens with zero attached hydrogens (tertiary/aromatic N) is 2. The lowest BCUT2D eigenvalue weighted by atomic mass is 10.2. The van der Waals surface area contributed by atoms with Crippen molar-refractivity contribution in [3.05, 3.63) is 63.7 Å². The van der Waals surface area contributed by atoms with Gasteiger partial charge in [0.2, 0.25) is 0 Å². The highest BCUT2D eigenvalue weighted by molar-refractivity contribution is 7.07. The molecule has 7 heteroatoms. The number of nitrogens with one attached hydrogen (secondary N) is 2. The first-order chi connectivity index (χ1) is 9.74. The lowest BCUT2D eigenvalue weighted by Gasteiger charge is -2.05. The third-order valence-electron chi connectivity index (χ3n) is 2.72. The minimum atomic E-state index is -0.252. The van der Waals surface area contributed by atoms with Crippen LogP contribution in [-0.2, 0) is 0 Å². The van der Waals surface area contributed by atoms with Gasteiger partial charge in [-0.3, -0.25) is 9.36 Å². The molecule has 0 atom stereocenters. The molecule has 0 radical (unpaired) electrons. The number of anilines is 1. The van der Waals surface area contributed by atoms with Crippen LogP contribution in [0.15, 0.2) is 52.3 Å². The summed E-state index contributed by atoms with van der Waals surface area (Å²) < 4.78 is 1.48. The van der Waals surface area contributed by atoms with Crippen LogP contribution in [0.5, 0.6) is 0 Å². The number of amides is 1. The fraction of sp³-hybridized carbons (Fsp3) is 0. The monoisotopic (exact) mass is 286 g/mol. The molecule has 3 rings (SSSR count). The normalized spacial score (nSPS) is 10.4. The molecular weight excluding hydrogens is 276 g/mol. The first-order valence-corrected chi connectivity index (χ1v) is 6.74. The Kier molecular flexibility index (Phi) is 3.18. The summed E-state index contributed by atoms with van der Waals surface area (Å²) in [7, 11) is 0. The Morgan fingerprint density at radius 3 is 2.70 bits per heavy atom. The number of benzene rings is 1. The Labute approximate surface area is 117 Å². The van der Waals surface area contributed by atoms with Gasteiger partial charge in [0, 0.05) is 23.5 Å². The molecule has 0 bridgehead atoms. The molecule has 100 valence electrons. The Hall–Kier alpha value is -2.67. The quantitative estimate of drug-likeness (QED) is 0.771. The predicted octanol–water partition coefficient (Wildman–Crippen LogP) is 1.87. The number of rotatable bonds is 3. The van der Waals surface area contributed by atoms with Gasteiger partial charge in [0.15, 0.2) is 0 Å². The van der Waals surface area contributed by atoms with E-state index in [1.165, 1.54) is 15.9 Å². The van der Waals surface area contributed by atoms with Gasteiger partial charge < -0.3 is 10.3 Å². The molecule has 1 amide bonds. The summed E-state index contributed by atoms with van der Waals surface area (Å²) >= 11 is 1.37. The maximum absolute atomic E-state index is 11.8. The van der Waals surface area contributed by atoms with E-state index in [2.05, 4.69) is 15.3 Å². The van der Waals surface area contributed by atoms with E-state index in [0.717, 1.165) is 5.69 Å². The van der Waals surface area contributed by atoms with Crippen LogP contribution in [0, 0.1) is 0 Å². The summed E-state index contributed by atoms with van der Waals surface area (Å²) in [4.78, 5) is 29.8. The Morgan fingerprint density at radius 1 is 1.30 bits per heavy atom. The summed E-state index contributed by atoms with van der Waals surface area (Å²) in [5, 5.41) is 4.43. The molecule has 3 aromatic rings. The van der Waals surface area contributed by atoms with Gasteiger partial charge in [-0.15, -0.1) is 11.3 Å². The first kappa shape index (κ1) is 12.4. The fourth-order valence-corrected chi connectivity index (χ4v) is 2.28. The highest BCUT2D eigenvalue weighted by Gasteiger charge is 2.08. The molecule has 0 unspecified atom stereocenters. The van der Waals surface area contributed by atoms with E-state index in [1.807, 2.05) is 0 Å². The molecule has 0 saturated heterocycles. The maximum Gasteiger partial charge on any atom is 0.330 e. The van der Waals surface area contributed by atoms with Crippen LogP contribution in [0.4, 0.5) is 5.69 Å². The van der Waals surface area contributed by atoms with Crippen LogP contribution < -0.4 is 11.0 Å². The molecule has 0 fully saturated rings. The topological polar surface area (TPSA) is 79.8 Å². The van der Waals surface area contributed by atoms with Crippen molar-refractivity contribution in [2.45, 2.75) is 0 Å². The Balaban J connectivity index is 1.79. The molecule has 6 nitrogen and oxygen atoms in total. The second-order valence-electron chi connectivity index (χ2n) is 4.01. The molecule has 2 heterocycles. The van der Waals surface area contributed by atoms with Crippen molar-refractivity contribution in [1.82, 2.24) is 14.5 Å². The van der Waals surface area contributed by atoms with Crippen LogP contribution in [-0.4, -0.2) is 20.4 Å². The second kappa shape index (κ2) is 5.14. The van der Waals surface area contributed by atoms with Crippen LogP contribution in [0.2, 0.25) is 0 Å². The summed E-state index contributed by atoms with van der Waals surface area (Å²) in [6.45, 7) is 0. The van der Waals surface area contributed by atoms with E-state index in [-0.39, 0.29) is 11.6 Å². The molecule has 2 aromatic heterocycles. The summed E-state index contributed by atoms with van der Waals surface area (Å²) in [6, 6.07) is 6.98. The zero-order valence-electron chi connectivity index (χ0n) is 10.2.